The van der Waals surface area contributed by atoms with Crippen molar-refractivity contribution in [1.82, 2.24) is 0 Å². The van der Waals surface area contributed by atoms with E-state index in [-0.39, 0.29) is 21.6 Å². The van der Waals surface area contributed by atoms with Crippen molar-refractivity contribution in [1.29, 1.82) is 0 Å². The van der Waals surface area contributed by atoms with E-state index in [0.29, 0.717) is 3.79 Å². The van der Waals surface area contributed by atoms with E-state index in [0.717, 1.165) is 10.9 Å². The summed E-state index contributed by atoms with van der Waals surface area (Å²) in [5.41, 5.74) is 5.63. The van der Waals surface area contributed by atoms with Crippen LogP contribution in [-0.4, -0.2) is 8.42 Å². The summed E-state index contributed by atoms with van der Waals surface area (Å²) in [4.78, 5) is 0.825. The highest BCUT2D eigenvalue weighted by Crippen LogP contribution is 2.33. The number of nitrogens with two attached hydrogens (primary N) is 1. The molecule has 108 valence electrons. The highest BCUT2D eigenvalue weighted by Gasteiger charge is 2.21. The van der Waals surface area contributed by atoms with Crippen LogP contribution in [0, 0.1) is 5.82 Å². The first-order valence-corrected chi connectivity index (χ1v) is 9.18. The second-order valence-corrected chi connectivity index (χ2v) is 8.75. The zero-order valence-electron chi connectivity index (χ0n) is 9.86. The molecule has 0 aliphatic rings. The number of benzene rings is 1. The molecule has 0 radical (unpaired) electrons. The molecular weight excluding hydrogens is 435 g/mol. The van der Waals surface area contributed by atoms with E-state index in [1.165, 1.54) is 29.5 Å². The lowest BCUT2D eigenvalue weighted by atomic mass is 10.3. The lowest BCUT2D eigenvalue weighted by Gasteiger charge is -2.07. The Kier molecular flexibility index (Phi) is 4.85. The first-order chi connectivity index (χ1) is 9.33. The van der Waals surface area contributed by atoms with Gasteiger partial charge in [-0.05, 0) is 56.1 Å². The Hall–Kier alpha value is -0.480. The van der Waals surface area contributed by atoms with Gasteiger partial charge in [0.25, 0.3) is 10.0 Å². The van der Waals surface area contributed by atoms with Crippen LogP contribution in [0.2, 0.25) is 0 Å². The minimum atomic E-state index is -3.79. The van der Waals surface area contributed by atoms with Gasteiger partial charge < -0.3 is 5.73 Å². The number of hydrogen-bond acceptors (Lipinski definition) is 4. The van der Waals surface area contributed by atoms with Crippen molar-refractivity contribution in [3.05, 3.63) is 43.2 Å². The second kappa shape index (κ2) is 6.10. The largest absolute Gasteiger partial charge is 0.326 e. The summed E-state index contributed by atoms with van der Waals surface area (Å²) in [5.74, 6) is -0.544. The third-order valence-electron chi connectivity index (χ3n) is 2.37. The lowest BCUT2D eigenvalue weighted by molar-refractivity contribution is 0.601. The Balaban J connectivity index is 2.35. The van der Waals surface area contributed by atoms with Gasteiger partial charge in [-0.3, -0.25) is 4.72 Å². The molecule has 0 bridgehead atoms. The first-order valence-electron chi connectivity index (χ1n) is 5.29. The van der Waals surface area contributed by atoms with Crippen LogP contribution in [0.15, 0.2) is 37.4 Å². The van der Waals surface area contributed by atoms with Gasteiger partial charge in [0, 0.05) is 11.4 Å². The molecule has 9 heteroatoms. The molecule has 4 nitrogen and oxygen atoms in total. The summed E-state index contributed by atoms with van der Waals surface area (Å²) >= 11 is 7.45. The molecule has 0 spiro atoms. The molecule has 2 rings (SSSR count). The van der Waals surface area contributed by atoms with Crippen molar-refractivity contribution in [3.63, 3.8) is 0 Å². The first kappa shape index (κ1) is 15.9. The zero-order valence-corrected chi connectivity index (χ0v) is 14.7. The summed E-state index contributed by atoms with van der Waals surface area (Å²) in [6, 6.07) is 5.49. The van der Waals surface area contributed by atoms with Gasteiger partial charge >= 0.3 is 0 Å². The molecule has 0 aliphatic carbocycles. The average Bonchev–Trinajstić information content (AvgIpc) is 2.76. The van der Waals surface area contributed by atoms with Crippen molar-refractivity contribution in [2.75, 3.05) is 4.72 Å². The molecule has 20 heavy (non-hydrogen) atoms. The van der Waals surface area contributed by atoms with Crippen molar-refractivity contribution < 1.29 is 12.8 Å². The topological polar surface area (TPSA) is 72.2 Å². The molecule has 0 atom stereocenters. The molecule has 0 saturated carbocycles. The maximum Gasteiger partial charge on any atom is 0.263 e. The number of anilines is 1. The van der Waals surface area contributed by atoms with Crippen LogP contribution in [-0.2, 0) is 16.6 Å². The fourth-order valence-corrected chi connectivity index (χ4v) is 5.31. The van der Waals surface area contributed by atoms with Crippen LogP contribution in [0.5, 0.6) is 0 Å². The average molecular weight is 444 g/mol. The molecule has 0 unspecified atom stereocenters. The highest BCUT2D eigenvalue weighted by atomic mass is 79.9. The summed E-state index contributed by atoms with van der Waals surface area (Å²) in [7, 11) is -3.79. The van der Waals surface area contributed by atoms with Crippen LogP contribution < -0.4 is 10.5 Å². The fraction of sp³-hybridized carbons (Fsp3) is 0.0909. The van der Waals surface area contributed by atoms with Gasteiger partial charge in [0.2, 0.25) is 0 Å². The quantitative estimate of drug-likeness (QED) is 0.757. The third kappa shape index (κ3) is 3.40. The molecule has 0 aliphatic heterocycles. The van der Waals surface area contributed by atoms with Crippen molar-refractivity contribution >= 4 is 58.9 Å². The van der Waals surface area contributed by atoms with Crippen LogP contribution in [0.4, 0.5) is 10.1 Å². The normalized spacial score (nSPS) is 11.6. The Labute approximate surface area is 136 Å². The summed E-state index contributed by atoms with van der Waals surface area (Å²) in [6.45, 7) is 0.256. The summed E-state index contributed by atoms with van der Waals surface area (Å²) in [6.07, 6.45) is 0. The Morgan fingerprint density at radius 2 is 2.00 bits per heavy atom. The van der Waals surface area contributed by atoms with Crippen molar-refractivity contribution in [2.45, 2.75) is 11.4 Å². The minimum absolute atomic E-state index is 0.0891. The van der Waals surface area contributed by atoms with E-state index < -0.39 is 15.8 Å². The smallest absolute Gasteiger partial charge is 0.263 e. The number of thiophene rings is 1. The van der Waals surface area contributed by atoms with E-state index in [2.05, 4.69) is 36.6 Å². The second-order valence-electron chi connectivity index (χ2n) is 3.79. The van der Waals surface area contributed by atoms with E-state index in [1.54, 1.807) is 0 Å². The molecule has 0 fully saturated rings. The van der Waals surface area contributed by atoms with Gasteiger partial charge in [-0.2, -0.15) is 0 Å². The number of sulfonamides is 1. The van der Waals surface area contributed by atoms with Gasteiger partial charge in [0.15, 0.2) is 0 Å². The number of hydrogen-bond donors (Lipinski definition) is 2. The van der Waals surface area contributed by atoms with E-state index in [4.69, 9.17) is 5.73 Å². The minimum Gasteiger partial charge on any atom is -0.326 e. The summed E-state index contributed by atoms with van der Waals surface area (Å²) in [5, 5.41) is 0. The Bertz CT molecular complexity index is 747. The molecule has 1 heterocycles. The molecule has 1 aromatic heterocycles. The molecule has 3 N–H and O–H groups in total. The van der Waals surface area contributed by atoms with Gasteiger partial charge in [-0.15, -0.1) is 11.3 Å². The third-order valence-corrected chi connectivity index (χ3v) is 6.67. The van der Waals surface area contributed by atoms with E-state index in [9.17, 15) is 12.8 Å². The van der Waals surface area contributed by atoms with Gasteiger partial charge in [-0.1, -0.05) is 0 Å². The summed E-state index contributed by atoms with van der Waals surface area (Å²) < 4.78 is 40.9. The number of nitrogens with one attached hydrogen (secondary N) is 1. The molecule has 0 saturated heterocycles. The Morgan fingerprint density at radius 1 is 1.30 bits per heavy atom. The molecule has 0 amide bonds. The monoisotopic (exact) mass is 442 g/mol. The van der Waals surface area contributed by atoms with E-state index in [1.807, 2.05) is 0 Å². The standard InChI is InChI=1S/C11H9Br2FN2O2S2/c12-8-2-1-6(3-9(8)14)16-20(17,18)10-4-7(5-15)19-11(10)13/h1-4,16H,5,15H2. The molecule has 2 aromatic rings. The SMILES string of the molecule is NCc1cc(S(=O)(=O)Nc2ccc(Br)c(F)c2)c(Br)s1. The number of rotatable bonds is 4. The Morgan fingerprint density at radius 3 is 2.55 bits per heavy atom. The van der Waals surface area contributed by atoms with Crippen LogP contribution in [0.3, 0.4) is 0 Å². The highest BCUT2D eigenvalue weighted by molar-refractivity contribution is 9.11. The van der Waals surface area contributed by atoms with Gasteiger partial charge in [0.1, 0.15) is 10.7 Å². The number of halogens is 3. The predicted molar refractivity (Wildman–Crippen MR) is 84.8 cm³/mol. The zero-order chi connectivity index (χ0) is 14.9. The van der Waals surface area contributed by atoms with Crippen LogP contribution in [0.1, 0.15) is 4.88 Å². The van der Waals surface area contributed by atoms with Crippen molar-refractivity contribution in [3.8, 4) is 0 Å². The van der Waals surface area contributed by atoms with Crippen LogP contribution in [0.25, 0.3) is 0 Å². The maximum absolute atomic E-state index is 13.4. The molecule has 1 aromatic carbocycles. The predicted octanol–water partition coefficient (Wildman–Crippen LogP) is 3.67. The molecular formula is C11H9Br2FN2O2S2. The van der Waals surface area contributed by atoms with Crippen LogP contribution >= 0.6 is 43.2 Å². The van der Waals surface area contributed by atoms with Gasteiger partial charge in [0.05, 0.1) is 13.9 Å². The van der Waals surface area contributed by atoms with Gasteiger partial charge in [-0.25, -0.2) is 12.8 Å². The van der Waals surface area contributed by atoms with E-state index >= 15 is 0 Å². The van der Waals surface area contributed by atoms with Crippen molar-refractivity contribution in [2.24, 2.45) is 5.73 Å². The fourth-order valence-electron chi connectivity index (χ4n) is 1.45. The maximum atomic E-state index is 13.4. The lowest BCUT2D eigenvalue weighted by Crippen LogP contribution is -2.12.